The van der Waals surface area contributed by atoms with Gasteiger partial charge in [-0.1, -0.05) is 13.5 Å². The van der Waals surface area contributed by atoms with Crippen LogP contribution in [0.4, 0.5) is 0 Å². The third kappa shape index (κ3) is 3.20. The second-order valence-electron chi connectivity index (χ2n) is 4.38. The van der Waals surface area contributed by atoms with Crippen molar-refractivity contribution in [2.24, 2.45) is 0 Å². The lowest BCUT2D eigenvalue weighted by Gasteiger charge is -2.09. The van der Waals surface area contributed by atoms with Gasteiger partial charge in [-0.05, 0) is 44.9 Å². The summed E-state index contributed by atoms with van der Waals surface area (Å²) in [7, 11) is 0. The van der Waals surface area contributed by atoms with Crippen LogP contribution in [0, 0.1) is 20.8 Å². The highest BCUT2D eigenvalue weighted by molar-refractivity contribution is 5.22. The average Bonchev–Trinajstić information content (AvgIpc) is 2.47. The van der Waals surface area contributed by atoms with E-state index < -0.39 is 0 Å². The fourth-order valence-corrected chi connectivity index (χ4v) is 1.65. The molecule has 0 bridgehead atoms. The molecule has 0 aromatic carbocycles. The molecule has 16 heavy (non-hydrogen) atoms. The van der Waals surface area contributed by atoms with Crippen molar-refractivity contribution in [1.29, 1.82) is 0 Å². The minimum atomic E-state index is 0.817. The maximum absolute atomic E-state index is 4.51. The molecule has 1 N–H and O–H groups in total. The van der Waals surface area contributed by atoms with E-state index in [0.717, 1.165) is 31.7 Å². The molecule has 0 spiro atoms. The number of rotatable bonds is 6. The zero-order valence-electron chi connectivity index (χ0n) is 10.9. The van der Waals surface area contributed by atoms with Crippen molar-refractivity contribution < 1.29 is 0 Å². The molecule has 0 aliphatic carbocycles. The maximum Gasteiger partial charge on any atom is 0.0632 e. The molecule has 1 heterocycles. The van der Waals surface area contributed by atoms with Gasteiger partial charge in [0.15, 0.2) is 0 Å². The summed E-state index contributed by atoms with van der Waals surface area (Å²) >= 11 is 0. The lowest BCUT2D eigenvalue weighted by Crippen LogP contribution is -2.20. The number of hydrogen-bond donors (Lipinski definition) is 1. The highest BCUT2D eigenvalue weighted by atomic mass is 15.3. The minimum Gasteiger partial charge on any atom is -0.313 e. The van der Waals surface area contributed by atoms with Crippen LogP contribution in [0.15, 0.2) is 12.2 Å². The van der Waals surface area contributed by atoms with Gasteiger partial charge in [-0.3, -0.25) is 4.68 Å². The summed E-state index contributed by atoms with van der Waals surface area (Å²) in [6, 6.07) is 0. The normalized spacial score (nSPS) is 10.8. The summed E-state index contributed by atoms with van der Waals surface area (Å²) in [5.74, 6) is 0. The van der Waals surface area contributed by atoms with Crippen molar-refractivity contribution in [1.82, 2.24) is 15.1 Å². The number of nitrogens with zero attached hydrogens (tertiary/aromatic N) is 2. The van der Waals surface area contributed by atoms with Crippen LogP contribution in [0.1, 0.15) is 30.3 Å². The van der Waals surface area contributed by atoms with Crippen LogP contribution in [0.3, 0.4) is 0 Å². The van der Waals surface area contributed by atoms with Crippen LogP contribution < -0.4 is 5.32 Å². The van der Waals surface area contributed by atoms with Crippen LogP contribution in [-0.2, 0) is 6.54 Å². The van der Waals surface area contributed by atoms with Crippen molar-refractivity contribution in [3.63, 3.8) is 0 Å². The quantitative estimate of drug-likeness (QED) is 0.590. The zero-order valence-corrected chi connectivity index (χ0v) is 10.9. The van der Waals surface area contributed by atoms with Gasteiger partial charge in [0.2, 0.25) is 0 Å². The highest BCUT2D eigenvalue weighted by Crippen LogP contribution is 2.11. The molecular formula is C13H23N3. The lowest BCUT2D eigenvalue weighted by molar-refractivity contribution is 0.617. The van der Waals surface area contributed by atoms with Crippen molar-refractivity contribution >= 4 is 0 Å². The Hall–Kier alpha value is -1.09. The molecule has 0 radical (unpaired) electrons. The topological polar surface area (TPSA) is 29.9 Å². The molecular weight excluding hydrogens is 198 g/mol. The Morgan fingerprint density at radius 1 is 1.38 bits per heavy atom. The fourth-order valence-electron chi connectivity index (χ4n) is 1.65. The van der Waals surface area contributed by atoms with Crippen molar-refractivity contribution in [2.45, 2.75) is 40.7 Å². The minimum absolute atomic E-state index is 0.817. The van der Waals surface area contributed by atoms with E-state index in [-0.39, 0.29) is 0 Å². The molecule has 0 amide bonds. The monoisotopic (exact) mass is 221 g/mol. The van der Waals surface area contributed by atoms with E-state index in [1.165, 1.54) is 16.8 Å². The van der Waals surface area contributed by atoms with Gasteiger partial charge in [0.25, 0.3) is 0 Å². The molecule has 1 aromatic heterocycles. The van der Waals surface area contributed by atoms with Crippen molar-refractivity contribution in [3.05, 3.63) is 29.1 Å². The van der Waals surface area contributed by atoms with Crippen LogP contribution in [0.2, 0.25) is 0 Å². The summed E-state index contributed by atoms with van der Waals surface area (Å²) in [5.41, 5.74) is 4.83. The molecule has 0 aliphatic heterocycles. The zero-order chi connectivity index (χ0) is 12.1. The largest absolute Gasteiger partial charge is 0.313 e. The molecule has 0 atom stereocenters. The Labute approximate surface area is 98.5 Å². The van der Waals surface area contributed by atoms with Gasteiger partial charge in [0.1, 0.15) is 0 Å². The molecule has 0 saturated carbocycles. The van der Waals surface area contributed by atoms with Gasteiger partial charge >= 0.3 is 0 Å². The van der Waals surface area contributed by atoms with Gasteiger partial charge in [0.05, 0.1) is 12.2 Å². The predicted octanol–water partition coefficient (Wildman–Crippen LogP) is 2.36. The fraction of sp³-hybridized carbons (Fsp3) is 0.615. The molecule has 90 valence electrons. The lowest BCUT2D eigenvalue weighted by atomic mass is 10.2. The molecule has 0 aliphatic rings. The first-order valence-corrected chi connectivity index (χ1v) is 5.94. The van der Waals surface area contributed by atoms with E-state index in [2.05, 4.69) is 44.7 Å². The standard InChI is InChI=1S/C13H23N3/c1-6-7-14-8-10(2)9-16-13(5)11(3)12(4)15-16/h14H,2,6-9H2,1,3-5H3. The SMILES string of the molecule is C=C(CNCCC)Cn1nc(C)c(C)c1C. The number of aryl methyl sites for hydroxylation is 1. The Balaban J connectivity index is 2.53. The molecule has 0 unspecified atom stereocenters. The molecule has 3 heteroatoms. The smallest absolute Gasteiger partial charge is 0.0632 e. The van der Waals surface area contributed by atoms with Crippen LogP contribution in [0.5, 0.6) is 0 Å². The second-order valence-corrected chi connectivity index (χ2v) is 4.38. The molecule has 0 saturated heterocycles. The van der Waals surface area contributed by atoms with Gasteiger partial charge in [-0.25, -0.2) is 0 Å². The summed E-state index contributed by atoms with van der Waals surface area (Å²) in [4.78, 5) is 0. The first-order chi connectivity index (χ1) is 7.56. The van der Waals surface area contributed by atoms with Gasteiger partial charge < -0.3 is 5.32 Å². The van der Waals surface area contributed by atoms with Crippen LogP contribution >= 0.6 is 0 Å². The Morgan fingerprint density at radius 2 is 2.06 bits per heavy atom. The third-order valence-corrected chi connectivity index (χ3v) is 2.92. The van der Waals surface area contributed by atoms with E-state index >= 15 is 0 Å². The van der Waals surface area contributed by atoms with E-state index in [4.69, 9.17) is 0 Å². The van der Waals surface area contributed by atoms with Gasteiger partial charge in [0, 0.05) is 12.2 Å². The second kappa shape index (κ2) is 5.85. The van der Waals surface area contributed by atoms with E-state index in [1.54, 1.807) is 0 Å². The Morgan fingerprint density at radius 3 is 2.56 bits per heavy atom. The van der Waals surface area contributed by atoms with Gasteiger partial charge in [-0.15, -0.1) is 0 Å². The number of aromatic nitrogens is 2. The summed E-state index contributed by atoms with van der Waals surface area (Å²) in [6.45, 7) is 15.3. The van der Waals surface area contributed by atoms with Crippen LogP contribution in [-0.4, -0.2) is 22.9 Å². The van der Waals surface area contributed by atoms with Crippen LogP contribution in [0.25, 0.3) is 0 Å². The number of nitrogens with one attached hydrogen (secondary N) is 1. The third-order valence-electron chi connectivity index (χ3n) is 2.92. The van der Waals surface area contributed by atoms with E-state index in [9.17, 15) is 0 Å². The Bertz CT molecular complexity index is 363. The van der Waals surface area contributed by atoms with Crippen molar-refractivity contribution in [2.75, 3.05) is 13.1 Å². The van der Waals surface area contributed by atoms with Crippen molar-refractivity contribution in [3.8, 4) is 0 Å². The maximum atomic E-state index is 4.51. The summed E-state index contributed by atoms with van der Waals surface area (Å²) in [6.07, 6.45) is 1.16. The number of hydrogen-bond acceptors (Lipinski definition) is 2. The summed E-state index contributed by atoms with van der Waals surface area (Å²) in [5, 5.41) is 7.86. The molecule has 1 aromatic rings. The highest BCUT2D eigenvalue weighted by Gasteiger charge is 2.07. The first-order valence-electron chi connectivity index (χ1n) is 5.94. The predicted molar refractivity (Wildman–Crippen MR) is 68.7 cm³/mol. The van der Waals surface area contributed by atoms with E-state index in [1.807, 2.05) is 4.68 Å². The first kappa shape index (κ1) is 13.0. The van der Waals surface area contributed by atoms with Gasteiger partial charge in [-0.2, -0.15) is 5.10 Å². The molecule has 3 nitrogen and oxygen atoms in total. The molecule has 0 fully saturated rings. The Kier molecular flexibility index (Phi) is 4.74. The van der Waals surface area contributed by atoms with E-state index in [0.29, 0.717) is 0 Å². The molecule has 1 rings (SSSR count). The average molecular weight is 221 g/mol. The summed E-state index contributed by atoms with van der Waals surface area (Å²) < 4.78 is 2.04.